The fourth-order valence-corrected chi connectivity index (χ4v) is 2.01. The Morgan fingerprint density at radius 1 is 1.30 bits per heavy atom. The summed E-state index contributed by atoms with van der Waals surface area (Å²) in [6, 6.07) is 6.71. The van der Waals surface area contributed by atoms with E-state index in [0.29, 0.717) is 17.0 Å². The standard InChI is InChI=1S/C14H13F3N2O/c1-9(20)13-8-12(18-19(13)2)7-10-4-3-5-11(6-10)14(15,16)17/h3-6,8H,7H2,1-2H3. The van der Waals surface area contributed by atoms with E-state index in [1.54, 1.807) is 19.2 Å². The van der Waals surface area contributed by atoms with Crippen LogP contribution in [0.1, 0.15) is 34.2 Å². The van der Waals surface area contributed by atoms with E-state index in [4.69, 9.17) is 0 Å². The molecule has 2 rings (SSSR count). The summed E-state index contributed by atoms with van der Waals surface area (Å²) in [6.07, 6.45) is -4.10. The number of carbonyl (C=O) groups excluding carboxylic acids is 1. The second-order valence-electron chi connectivity index (χ2n) is 4.58. The van der Waals surface area contributed by atoms with Gasteiger partial charge in [0.25, 0.3) is 0 Å². The van der Waals surface area contributed by atoms with E-state index in [-0.39, 0.29) is 12.2 Å². The maximum atomic E-state index is 12.6. The quantitative estimate of drug-likeness (QED) is 0.810. The summed E-state index contributed by atoms with van der Waals surface area (Å²) in [7, 11) is 1.63. The predicted octanol–water partition coefficient (Wildman–Crippen LogP) is 3.23. The van der Waals surface area contributed by atoms with Gasteiger partial charge in [-0.15, -0.1) is 0 Å². The van der Waals surface area contributed by atoms with Crippen LogP contribution in [0.2, 0.25) is 0 Å². The first-order chi connectivity index (χ1) is 9.27. The first kappa shape index (κ1) is 14.3. The van der Waals surface area contributed by atoms with Crippen molar-refractivity contribution in [3.8, 4) is 0 Å². The Balaban J connectivity index is 2.26. The lowest BCUT2D eigenvalue weighted by molar-refractivity contribution is -0.137. The largest absolute Gasteiger partial charge is 0.416 e. The molecule has 0 unspecified atom stereocenters. The van der Waals surface area contributed by atoms with E-state index < -0.39 is 11.7 Å². The lowest BCUT2D eigenvalue weighted by atomic mass is 10.1. The zero-order chi connectivity index (χ0) is 14.9. The highest BCUT2D eigenvalue weighted by Crippen LogP contribution is 2.29. The molecule has 0 aliphatic heterocycles. The number of rotatable bonds is 3. The third kappa shape index (κ3) is 3.07. The molecule has 0 fully saturated rings. The molecule has 106 valence electrons. The Hall–Kier alpha value is -2.11. The molecule has 0 bridgehead atoms. The molecule has 0 saturated carbocycles. The van der Waals surface area contributed by atoms with E-state index in [1.165, 1.54) is 17.7 Å². The van der Waals surface area contributed by atoms with Gasteiger partial charge in [-0.3, -0.25) is 9.48 Å². The monoisotopic (exact) mass is 282 g/mol. The molecule has 2 aromatic rings. The molecular formula is C14H13F3N2O. The van der Waals surface area contributed by atoms with Crippen LogP contribution in [0.25, 0.3) is 0 Å². The Labute approximate surface area is 114 Å². The molecule has 0 spiro atoms. The average molecular weight is 282 g/mol. The van der Waals surface area contributed by atoms with Gasteiger partial charge in [-0.1, -0.05) is 18.2 Å². The van der Waals surface area contributed by atoms with Crippen LogP contribution in [-0.2, 0) is 19.6 Å². The second kappa shape index (κ2) is 5.11. The van der Waals surface area contributed by atoms with Gasteiger partial charge in [0.2, 0.25) is 0 Å². The smallest absolute Gasteiger partial charge is 0.293 e. The van der Waals surface area contributed by atoms with E-state index in [1.807, 2.05) is 0 Å². The molecule has 0 amide bonds. The molecule has 20 heavy (non-hydrogen) atoms. The fraction of sp³-hybridized carbons (Fsp3) is 0.286. The zero-order valence-corrected chi connectivity index (χ0v) is 11.0. The van der Waals surface area contributed by atoms with Gasteiger partial charge in [0, 0.05) is 20.4 Å². The normalized spacial score (nSPS) is 11.7. The number of halogens is 3. The number of benzene rings is 1. The van der Waals surface area contributed by atoms with Gasteiger partial charge in [-0.2, -0.15) is 18.3 Å². The van der Waals surface area contributed by atoms with E-state index in [0.717, 1.165) is 12.1 Å². The van der Waals surface area contributed by atoms with Crippen LogP contribution in [0.5, 0.6) is 0 Å². The van der Waals surface area contributed by atoms with Gasteiger partial charge in [0.1, 0.15) is 5.69 Å². The summed E-state index contributed by atoms with van der Waals surface area (Å²) >= 11 is 0. The lowest BCUT2D eigenvalue weighted by Gasteiger charge is -2.07. The predicted molar refractivity (Wildman–Crippen MR) is 67.5 cm³/mol. The highest BCUT2D eigenvalue weighted by Gasteiger charge is 2.30. The summed E-state index contributed by atoms with van der Waals surface area (Å²) in [5, 5.41) is 4.13. The van der Waals surface area contributed by atoms with Crippen molar-refractivity contribution < 1.29 is 18.0 Å². The van der Waals surface area contributed by atoms with Crippen LogP contribution < -0.4 is 0 Å². The molecule has 0 saturated heterocycles. The average Bonchev–Trinajstić information content (AvgIpc) is 2.69. The number of aromatic nitrogens is 2. The maximum absolute atomic E-state index is 12.6. The van der Waals surface area contributed by atoms with Crippen LogP contribution in [0.3, 0.4) is 0 Å². The van der Waals surface area contributed by atoms with Crippen molar-refractivity contribution in [2.75, 3.05) is 0 Å². The van der Waals surface area contributed by atoms with Crippen molar-refractivity contribution in [3.05, 3.63) is 52.8 Å². The van der Waals surface area contributed by atoms with E-state index in [2.05, 4.69) is 5.10 Å². The summed E-state index contributed by atoms with van der Waals surface area (Å²) in [5.41, 5.74) is 0.828. The Kier molecular flexibility index (Phi) is 3.65. The van der Waals surface area contributed by atoms with Crippen molar-refractivity contribution in [3.63, 3.8) is 0 Å². The first-order valence-electron chi connectivity index (χ1n) is 5.97. The Morgan fingerprint density at radius 2 is 2.00 bits per heavy atom. The number of hydrogen-bond donors (Lipinski definition) is 0. The van der Waals surface area contributed by atoms with Crippen LogP contribution in [0.4, 0.5) is 13.2 Å². The van der Waals surface area contributed by atoms with Crippen molar-refractivity contribution in [1.29, 1.82) is 0 Å². The van der Waals surface area contributed by atoms with Crippen molar-refractivity contribution in [2.45, 2.75) is 19.5 Å². The number of Topliss-reactive ketones (excluding diaryl/α,β-unsaturated/α-hetero) is 1. The molecule has 1 heterocycles. The van der Waals surface area contributed by atoms with Gasteiger partial charge in [0.15, 0.2) is 5.78 Å². The van der Waals surface area contributed by atoms with Crippen molar-refractivity contribution in [1.82, 2.24) is 9.78 Å². The van der Waals surface area contributed by atoms with Gasteiger partial charge >= 0.3 is 6.18 Å². The summed E-state index contributed by atoms with van der Waals surface area (Å²) in [5.74, 6) is -0.129. The summed E-state index contributed by atoms with van der Waals surface area (Å²) in [6.45, 7) is 1.42. The number of carbonyl (C=O) groups is 1. The molecule has 3 nitrogen and oxygen atoms in total. The van der Waals surface area contributed by atoms with Gasteiger partial charge < -0.3 is 0 Å². The van der Waals surface area contributed by atoms with Crippen LogP contribution in [0, 0.1) is 0 Å². The third-order valence-electron chi connectivity index (χ3n) is 2.93. The molecule has 0 aliphatic rings. The third-order valence-corrected chi connectivity index (χ3v) is 2.93. The highest BCUT2D eigenvalue weighted by molar-refractivity contribution is 5.92. The minimum Gasteiger partial charge on any atom is -0.293 e. The fourth-order valence-electron chi connectivity index (χ4n) is 2.01. The number of alkyl halides is 3. The molecule has 0 N–H and O–H groups in total. The van der Waals surface area contributed by atoms with E-state index >= 15 is 0 Å². The van der Waals surface area contributed by atoms with E-state index in [9.17, 15) is 18.0 Å². The van der Waals surface area contributed by atoms with Crippen molar-refractivity contribution in [2.24, 2.45) is 7.05 Å². The molecule has 0 radical (unpaired) electrons. The van der Waals surface area contributed by atoms with Crippen LogP contribution >= 0.6 is 0 Å². The molecular weight excluding hydrogens is 269 g/mol. The molecule has 0 aliphatic carbocycles. The molecule has 0 atom stereocenters. The van der Waals surface area contributed by atoms with Crippen LogP contribution in [-0.4, -0.2) is 15.6 Å². The molecule has 1 aromatic carbocycles. The minimum atomic E-state index is -4.36. The topological polar surface area (TPSA) is 34.9 Å². The van der Waals surface area contributed by atoms with Crippen LogP contribution in [0.15, 0.2) is 30.3 Å². The number of aryl methyl sites for hydroxylation is 1. The van der Waals surface area contributed by atoms with Crippen molar-refractivity contribution >= 4 is 5.78 Å². The maximum Gasteiger partial charge on any atom is 0.416 e. The second-order valence-corrected chi connectivity index (χ2v) is 4.58. The Bertz CT molecular complexity index is 644. The molecule has 6 heteroatoms. The molecule has 1 aromatic heterocycles. The SMILES string of the molecule is CC(=O)c1cc(Cc2cccc(C(F)(F)F)c2)nn1C. The summed E-state index contributed by atoms with van der Waals surface area (Å²) < 4.78 is 39.3. The van der Waals surface area contributed by atoms with Gasteiger partial charge in [0.05, 0.1) is 11.3 Å². The minimum absolute atomic E-state index is 0.129. The zero-order valence-electron chi connectivity index (χ0n) is 11.0. The number of hydrogen-bond acceptors (Lipinski definition) is 2. The lowest BCUT2D eigenvalue weighted by Crippen LogP contribution is -2.05. The summed E-state index contributed by atoms with van der Waals surface area (Å²) in [4.78, 5) is 11.3. The number of ketones is 1. The highest BCUT2D eigenvalue weighted by atomic mass is 19.4. The van der Waals surface area contributed by atoms with Gasteiger partial charge in [-0.25, -0.2) is 0 Å². The van der Waals surface area contributed by atoms with Gasteiger partial charge in [-0.05, 0) is 17.7 Å². The Morgan fingerprint density at radius 3 is 2.55 bits per heavy atom. The number of nitrogens with zero attached hydrogens (tertiary/aromatic N) is 2. The first-order valence-corrected chi connectivity index (χ1v) is 5.97.